The molecule has 0 aliphatic rings. The van der Waals surface area contributed by atoms with Gasteiger partial charge in [-0.2, -0.15) is 0 Å². The number of hydrogen-bond donors (Lipinski definition) is 1. The normalized spacial score (nSPS) is 11.9. The van der Waals surface area contributed by atoms with Crippen LogP contribution in [0.1, 0.15) is 19.8 Å². The highest BCUT2D eigenvalue weighted by molar-refractivity contribution is 9.10. The van der Waals surface area contributed by atoms with Crippen LogP contribution in [-0.4, -0.2) is 24.0 Å². The maximum absolute atomic E-state index is 11.6. The van der Waals surface area contributed by atoms with Crippen molar-refractivity contribution in [3.05, 3.63) is 32.8 Å². The molecule has 1 N–H and O–H groups in total. The highest BCUT2D eigenvalue weighted by Gasteiger charge is 2.13. The number of methoxy groups -OCH3 is 1. The third kappa shape index (κ3) is 4.96. The molecular weight excluding hydrogens is 316 g/mol. The van der Waals surface area contributed by atoms with Crippen LogP contribution in [0.2, 0.25) is 0 Å². The number of carbonyl (C=O) groups is 1. The fourth-order valence-corrected chi connectivity index (χ4v) is 1.93. The lowest BCUT2D eigenvalue weighted by Gasteiger charge is -2.09. The Morgan fingerprint density at radius 1 is 1.58 bits per heavy atom. The number of hydrogen-bond acceptors (Lipinski definition) is 4. The molecule has 0 saturated carbocycles. The summed E-state index contributed by atoms with van der Waals surface area (Å²) < 4.78 is 5.38. The Morgan fingerprint density at radius 3 is 2.79 bits per heavy atom. The molecule has 0 aromatic heterocycles. The number of nitrogens with one attached hydrogen (secondary N) is 1. The van der Waals surface area contributed by atoms with Crippen molar-refractivity contribution < 1.29 is 14.5 Å². The zero-order chi connectivity index (χ0) is 14.4. The number of benzene rings is 1. The molecule has 104 valence electrons. The molecule has 1 amide bonds. The molecule has 0 aliphatic carbocycles. The minimum atomic E-state index is -0.490. The van der Waals surface area contributed by atoms with Gasteiger partial charge in [-0.25, -0.2) is 0 Å². The number of halogens is 1. The van der Waals surface area contributed by atoms with Gasteiger partial charge in [0.25, 0.3) is 5.69 Å². The van der Waals surface area contributed by atoms with E-state index in [1.54, 1.807) is 7.11 Å². The summed E-state index contributed by atoms with van der Waals surface area (Å²) in [6.45, 7) is 1.88. The highest BCUT2D eigenvalue weighted by Crippen LogP contribution is 2.27. The van der Waals surface area contributed by atoms with Crippen molar-refractivity contribution in [2.75, 3.05) is 12.4 Å². The van der Waals surface area contributed by atoms with Gasteiger partial charge < -0.3 is 10.1 Å². The fraction of sp³-hybridized carbons (Fsp3) is 0.417. The molecule has 0 aliphatic heterocycles. The van der Waals surface area contributed by atoms with E-state index in [2.05, 4.69) is 21.2 Å². The summed E-state index contributed by atoms with van der Waals surface area (Å²) in [4.78, 5) is 21.8. The average molecular weight is 331 g/mol. The Hall–Kier alpha value is -1.47. The zero-order valence-corrected chi connectivity index (χ0v) is 12.3. The standard InChI is InChI=1S/C12H15BrN2O4/c1-8(19-2)3-6-12(16)14-9-4-5-11(15(17)18)10(13)7-9/h4-5,7-8H,3,6H2,1-2H3,(H,14,16). The summed E-state index contributed by atoms with van der Waals surface area (Å²) in [6.07, 6.45) is 0.981. The van der Waals surface area contributed by atoms with Gasteiger partial charge in [0, 0.05) is 25.3 Å². The van der Waals surface area contributed by atoms with E-state index < -0.39 is 4.92 Å². The number of nitro benzene ring substituents is 1. The highest BCUT2D eigenvalue weighted by atomic mass is 79.9. The van der Waals surface area contributed by atoms with E-state index in [4.69, 9.17) is 4.74 Å². The van der Waals surface area contributed by atoms with Crippen LogP contribution >= 0.6 is 15.9 Å². The first-order valence-corrected chi connectivity index (χ1v) is 6.50. The number of nitro groups is 1. The van der Waals surface area contributed by atoms with Crippen molar-refractivity contribution in [1.82, 2.24) is 0 Å². The minimum absolute atomic E-state index is 0.0225. The van der Waals surface area contributed by atoms with E-state index in [9.17, 15) is 14.9 Å². The zero-order valence-electron chi connectivity index (χ0n) is 10.7. The summed E-state index contributed by atoms with van der Waals surface area (Å²) in [7, 11) is 1.59. The monoisotopic (exact) mass is 330 g/mol. The molecule has 19 heavy (non-hydrogen) atoms. The SMILES string of the molecule is COC(C)CCC(=O)Nc1ccc([N+](=O)[O-])c(Br)c1. The second kappa shape index (κ2) is 7.20. The third-order valence-corrected chi connectivity index (χ3v) is 3.24. The summed E-state index contributed by atoms with van der Waals surface area (Å²) in [6, 6.07) is 4.35. The molecule has 7 heteroatoms. The van der Waals surface area contributed by atoms with Crippen molar-refractivity contribution in [2.45, 2.75) is 25.9 Å². The predicted octanol–water partition coefficient (Wildman–Crippen LogP) is 3.11. The summed E-state index contributed by atoms with van der Waals surface area (Å²) in [5.41, 5.74) is 0.485. The largest absolute Gasteiger partial charge is 0.382 e. The van der Waals surface area contributed by atoms with Gasteiger partial charge in [-0.15, -0.1) is 0 Å². The third-order valence-electron chi connectivity index (χ3n) is 2.61. The van der Waals surface area contributed by atoms with E-state index in [1.165, 1.54) is 18.2 Å². The van der Waals surface area contributed by atoms with Crippen LogP contribution in [0.15, 0.2) is 22.7 Å². The lowest BCUT2D eigenvalue weighted by molar-refractivity contribution is -0.385. The second-order valence-corrected chi connectivity index (χ2v) is 4.91. The predicted molar refractivity (Wildman–Crippen MR) is 75.1 cm³/mol. The summed E-state index contributed by atoms with van der Waals surface area (Å²) in [5, 5.41) is 13.3. The molecule has 1 aromatic rings. The molecule has 1 atom stereocenters. The van der Waals surface area contributed by atoms with Crippen LogP contribution in [-0.2, 0) is 9.53 Å². The van der Waals surface area contributed by atoms with Gasteiger partial charge in [0.15, 0.2) is 0 Å². The molecule has 1 rings (SSSR count). The van der Waals surface area contributed by atoms with Gasteiger partial charge in [-0.1, -0.05) is 0 Å². The van der Waals surface area contributed by atoms with Gasteiger partial charge in [0.05, 0.1) is 15.5 Å². The van der Waals surface area contributed by atoms with E-state index in [0.29, 0.717) is 23.0 Å². The molecule has 0 bridgehead atoms. The van der Waals surface area contributed by atoms with Crippen molar-refractivity contribution >= 4 is 33.2 Å². The van der Waals surface area contributed by atoms with Crippen molar-refractivity contribution in [2.24, 2.45) is 0 Å². The van der Waals surface area contributed by atoms with Crippen LogP contribution in [0.4, 0.5) is 11.4 Å². The fourth-order valence-electron chi connectivity index (χ4n) is 1.41. The van der Waals surface area contributed by atoms with Crippen molar-refractivity contribution in [3.63, 3.8) is 0 Å². The molecule has 0 heterocycles. The number of rotatable bonds is 6. The summed E-state index contributed by atoms with van der Waals surface area (Å²) >= 11 is 3.10. The molecule has 1 unspecified atom stereocenters. The second-order valence-electron chi connectivity index (χ2n) is 4.06. The Morgan fingerprint density at radius 2 is 2.26 bits per heavy atom. The Bertz CT molecular complexity index is 479. The molecular formula is C12H15BrN2O4. The molecule has 1 aromatic carbocycles. The van der Waals surface area contributed by atoms with Crippen LogP contribution in [0.5, 0.6) is 0 Å². The first-order chi connectivity index (χ1) is 8.93. The number of amides is 1. The Labute approximate surface area is 119 Å². The molecule has 0 spiro atoms. The van der Waals surface area contributed by atoms with Gasteiger partial charge >= 0.3 is 0 Å². The number of ether oxygens (including phenoxy) is 1. The van der Waals surface area contributed by atoms with E-state index in [1.807, 2.05) is 6.92 Å². The lowest BCUT2D eigenvalue weighted by Crippen LogP contribution is -2.15. The lowest BCUT2D eigenvalue weighted by atomic mass is 10.2. The first-order valence-electron chi connectivity index (χ1n) is 5.70. The molecule has 0 saturated heterocycles. The van der Waals surface area contributed by atoms with E-state index in [-0.39, 0.29) is 17.7 Å². The average Bonchev–Trinajstić information content (AvgIpc) is 2.35. The minimum Gasteiger partial charge on any atom is -0.382 e. The maximum Gasteiger partial charge on any atom is 0.283 e. The maximum atomic E-state index is 11.6. The quantitative estimate of drug-likeness (QED) is 0.641. The summed E-state index contributed by atoms with van der Waals surface area (Å²) in [5.74, 6) is -0.148. The van der Waals surface area contributed by atoms with E-state index >= 15 is 0 Å². The van der Waals surface area contributed by atoms with Gasteiger partial charge in [-0.05, 0) is 41.4 Å². The number of anilines is 1. The van der Waals surface area contributed by atoms with Crippen molar-refractivity contribution in [1.29, 1.82) is 0 Å². The van der Waals surface area contributed by atoms with Crippen LogP contribution in [0, 0.1) is 10.1 Å². The van der Waals surface area contributed by atoms with Crippen molar-refractivity contribution in [3.8, 4) is 0 Å². The van der Waals surface area contributed by atoms with Gasteiger partial charge in [0.1, 0.15) is 0 Å². The van der Waals surface area contributed by atoms with Crippen LogP contribution in [0.3, 0.4) is 0 Å². The van der Waals surface area contributed by atoms with Gasteiger partial charge in [0.2, 0.25) is 5.91 Å². The van der Waals surface area contributed by atoms with Crippen LogP contribution < -0.4 is 5.32 Å². The Kier molecular flexibility index (Phi) is 5.91. The van der Waals surface area contributed by atoms with Gasteiger partial charge in [-0.3, -0.25) is 14.9 Å². The topological polar surface area (TPSA) is 81.5 Å². The van der Waals surface area contributed by atoms with E-state index in [0.717, 1.165) is 0 Å². The Balaban J connectivity index is 2.60. The molecule has 0 radical (unpaired) electrons. The smallest absolute Gasteiger partial charge is 0.283 e. The first kappa shape index (κ1) is 15.6. The number of carbonyl (C=O) groups excluding carboxylic acids is 1. The molecule has 0 fully saturated rings. The molecule has 6 nitrogen and oxygen atoms in total. The number of nitrogens with zero attached hydrogens (tertiary/aromatic N) is 1. The van der Waals surface area contributed by atoms with Crippen LogP contribution in [0.25, 0.3) is 0 Å².